The molecule has 0 aliphatic carbocycles. The van der Waals surface area contributed by atoms with Gasteiger partial charge in [0.05, 0.1) is 18.8 Å². The van der Waals surface area contributed by atoms with Crippen molar-refractivity contribution in [3.8, 4) is 0 Å². The van der Waals surface area contributed by atoms with Crippen LogP contribution in [0.3, 0.4) is 0 Å². The van der Waals surface area contributed by atoms with Gasteiger partial charge in [0.15, 0.2) is 0 Å². The predicted molar refractivity (Wildman–Crippen MR) is 129 cm³/mol. The smallest absolute Gasteiger partial charge is 0.273 e. The number of hydrogen-bond acceptors (Lipinski definition) is 5. The van der Waals surface area contributed by atoms with Gasteiger partial charge in [-0.15, -0.1) is 11.3 Å². The maximum Gasteiger partial charge on any atom is 0.273 e. The summed E-state index contributed by atoms with van der Waals surface area (Å²) in [7, 11) is 0. The molecular weight excluding hydrogens is 437 g/mol. The van der Waals surface area contributed by atoms with E-state index in [-0.39, 0.29) is 23.9 Å². The number of rotatable bonds is 7. The Bertz CT molecular complexity index is 1010. The Kier molecular flexibility index (Phi) is 7.53. The van der Waals surface area contributed by atoms with Crippen molar-refractivity contribution in [1.29, 1.82) is 0 Å². The maximum absolute atomic E-state index is 13.4. The van der Waals surface area contributed by atoms with E-state index in [2.05, 4.69) is 41.1 Å². The largest absolute Gasteiger partial charge is 0.372 e. The Morgan fingerprint density at radius 3 is 2.21 bits per heavy atom. The maximum atomic E-state index is 13.4. The van der Waals surface area contributed by atoms with Crippen LogP contribution in [-0.4, -0.2) is 46.0 Å². The minimum Gasteiger partial charge on any atom is -0.372 e. The van der Waals surface area contributed by atoms with Crippen molar-refractivity contribution < 1.29 is 13.9 Å². The third-order valence-electron chi connectivity index (χ3n) is 5.68. The highest BCUT2D eigenvalue weighted by molar-refractivity contribution is 7.09. The number of hydrogen-bond donors (Lipinski definition) is 0. The molecule has 0 saturated carbocycles. The van der Waals surface area contributed by atoms with Crippen LogP contribution in [0, 0.1) is 12.7 Å². The number of halogens is 1. The zero-order chi connectivity index (χ0) is 23.4. The zero-order valence-electron chi connectivity index (χ0n) is 19.3. The number of aryl methyl sites for hydroxylation is 1. The number of morpholine rings is 1. The SMILES string of the molecule is Cc1ccc(CN(Cc2ccc(F)cc2)Cc2nc(C(=O)N3CC(C)OC(C)C3)cs2)cc1. The first-order valence-electron chi connectivity index (χ1n) is 11.3. The second-order valence-corrected chi connectivity index (χ2v) is 9.79. The Hall–Kier alpha value is -2.61. The number of aromatic nitrogens is 1. The number of thiazole rings is 1. The van der Waals surface area contributed by atoms with Gasteiger partial charge in [-0.25, -0.2) is 9.37 Å². The molecule has 0 spiro atoms. The fourth-order valence-electron chi connectivity index (χ4n) is 4.15. The number of nitrogens with zero attached hydrogens (tertiary/aromatic N) is 3. The molecule has 2 unspecified atom stereocenters. The average Bonchev–Trinajstić information content (AvgIpc) is 3.24. The summed E-state index contributed by atoms with van der Waals surface area (Å²) >= 11 is 1.51. The van der Waals surface area contributed by atoms with E-state index in [9.17, 15) is 9.18 Å². The molecule has 2 aromatic carbocycles. The summed E-state index contributed by atoms with van der Waals surface area (Å²) in [4.78, 5) is 21.8. The Morgan fingerprint density at radius 1 is 1.03 bits per heavy atom. The van der Waals surface area contributed by atoms with Gasteiger partial charge in [-0.2, -0.15) is 0 Å². The number of ether oxygens (including phenoxy) is 1. The van der Waals surface area contributed by atoms with E-state index >= 15 is 0 Å². The van der Waals surface area contributed by atoms with Gasteiger partial charge in [-0.05, 0) is 44.0 Å². The first-order chi connectivity index (χ1) is 15.9. The number of carbonyl (C=O) groups excluding carboxylic acids is 1. The molecule has 4 rings (SSSR count). The standard InChI is InChI=1S/C26H30FN3O2S/c1-18-4-6-21(7-5-18)14-29(15-22-8-10-23(27)11-9-22)16-25-28-24(17-33-25)26(31)30-12-19(2)32-20(3)13-30/h4-11,17,19-20H,12-16H2,1-3H3. The Morgan fingerprint density at radius 2 is 1.61 bits per heavy atom. The fraction of sp³-hybridized carbons (Fsp3) is 0.385. The summed E-state index contributed by atoms with van der Waals surface area (Å²) < 4.78 is 19.1. The van der Waals surface area contributed by atoms with Gasteiger partial charge in [0.1, 0.15) is 16.5 Å². The quantitative estimate of drug-likeness (QED) is 0.488. The van der Waals surface area contributed by atoms with E-state index in [1.807, 2.05) is 36.3 Å². The molecule has 1 aliphatic heterocycles. The van der Waals surface area contributed by atoms with E-state index in [4.69, 9.17) is 4.74 Å². The van der Waals surface area contributed by atoms with Gasteiger partial charge >= 0.3 is 0 Å². The molecular formula is C26H30FN3O2S. The summed E-state index contributed by atoms with van der Waals surface area (Å²) in [6.07, 6.45) is 0.0491. The lowest BCUT2D eigenvalue weighted by molar-refractivity contribution is -0.0587. The highest BCUT2D eigenvalue weighted by Crippen LogP contribution is 2.20. The van der Waals surface area contributed by atoms with Gasteiger partial charge < -0.3 is 9.64 Å². The number of benzene rings is 2. The molecule has 7 heteroatoms. The molecule has 0 radical (unpaired) electrons. The third-order valence-corrected chi connectivity index (χ3v) is 6.52. The summed E-state index contributed by atoms with van der Waals surface area (Å²) in [6.45, 7) is 9.22. The number of carbonyl (C=O) groups is 1. The molecule has 1 fully saturated rings. The van der Waals surface area contributed by atoms with Crippen LogP contribution in [-0.2, 0) is 24.4 Å². The molecule has 1 aromatic heterocycles. The van der Waals surface area contributed by atoms with Crippen LogP contribution < -0.4 is 0 Å². The second-order valence-electron chi connectivity index (χ2n) is 8.85. The normalized spacial score (nSPS) is 18.6. The van der Waals surface area contributed by atoms with Crippen molar-refractivity contribution >= 4 is 17.2 Å². The first-order valence-corrected chi connectivity index (χ1v) is 12.1. The van der Waals surface area contributed by atoms with Gasteiger partial charge in [-0.3, -0.25) is 9.69 Å². The monoisotopic (exact) mass is 467 g/mol. The lowest BCUT2D eigenvalue weighted by Crippen LogP contribution is -2.48. The van der Waals surface area contributed by atoms with Gasteiger partial charge in [0, 0.05) is 31.6 Å². The second kappa shape index (κ2) is 10.5. The Labute approximate surface area is 198 Å². The molecule has 1 saturated heterocycles. The third kappa shape index (κ3) is 6.47. The highest BCUT2D eigenvalue weighted by Gasteiger charge is 2.28. The lowest BCUT2D eigenvalue weighted by Gasteiger charge is -2.34. The van der Waals surface area contributed by atoms with Crippen molar-refractivity contribution in [1.82, 2.24) is 14.8 Å². The minimum absolute atomic E-state index is 0.0246. The van der Waals surface area contributed by atoms with Crippen LogP contribution in [0.1, 0.15) is 46.0 Å². The first kappa shape index (κ1) is 23.5. The summed E-state index contributed by atoms with van der Waals surface area (Å²) in [5, 5.41) is 2.74. The molecule has 174 valence electrons. The molecule has 2 atom stereocenters. The molecule has 5 nitrogen and oxygen atoms in total. The van der Waals surface area contributed by atoms with Crippen LogP contribution in [0.15, 0.2) is 53.9 Å². The van der Waals surface area contributed by atoms with Crippen molar-refractivity contribution in [2.75, 3.05) is 13.1 Å². The summed E-state index contributed by atoms with van der Waals surface area (Å²) in [6, 6.07) is 15.1. The average molecular weight is 468 g/mol. The Balaban J connectivity index is 1.48. The van der Waals surface area contributed by atoms with Crippen LogP contribution in [0.2, 0.25) is 0 Å². The summed E-state index contributed by atoms with van der Waals surface area (Å²) in [5.41, 5.74) is 3.95. The minimum atomic E-state index is -0.237. The van der Waals surface area contributed by atoms with Crippen molar-refractivity contribution in [3.63, 3.8) is 0 Å². The van der Waals surface area contributed by atoms with Gasteiger partial charge in [0.25, 0.3) is 5.91 Å². The van der Waals surface area contributed by atoms with Crippen LogP contribution in [0.5, 0.6) is 0 Å². The molecule has 1 aliphatic rings. The van der Waals surface area contributed by atoms with E-state index < -0.39 is 0 Å². The zero-order valence-corrected chi connectivity index (χ0v) is 20.1. The van der Waals surface area contributed by atoms with Crippen molar-refractivity contribution in [2.45, 2.75) is 52.6 Å². The van der Waals surface area contributed by atoms with Gasteiger partial charge in [-0.1, -0.05) is 42.0 Å². The van der Waals surface area contributed by atoms with Gasteiger partial charge in [0.2, 0.25) is 0 Å². The lowest BCUT2D eigenvalue weighted by atomic mass is 10.1. The molecule has 2 heterocycles. The predicted octanol–water partition coefficient (Wildman–Crippen LogP) is 5.04. The molecule has 1 amide bonds. The summed E-state index contributed by atoms with van der Waals surface area (Å²) in [5.74, 6) is -0.276. The van der Waals surface area contributed by atoms with E-state index in [0.29, 0.717) is 31.9 Å². The van der Waals surface area contributed by atoms with Crippen molar-refractivity contribution in [2.24, 2.45) is 0 Å². The van der Waals surface area contributed by atoms with Crippen LogP contribution in [0.25, 0.3) is 0 Å². The molecule has 0 N–H and O–H groups in total. The molecule has 33 heavy (non-hydrogen) atoms. The fourth-order valence-corrected chi connectivity index (χ4v) is 4.96. The molecule has 3 aromatic rings. The topological polar surface area (TPSA) is 45.7 Å². The molecule has 0 bridgehead atoms. The van der Waals surface area contributed by atoms with Crippen LogP contribution >= 0.6 is 11.3 Å². The van der Waals surface area contributed by atoms with Crippen LogP contribution in [0.4, 0.5) is 4.39 Å². The van der Waals surface area contributed by atoms with E-state index in [1.54, 1.807) is 0 Å². The van der Waals surface area contributed by atoms with E-state index in [1.165, 1.54) is 34.6 Å². The van der Waals surface area contributed by atoms with E-state index in [0.717, 1.165) is 17.1 Å². The number of amides is 1. The van der Waals surface area contributed by atoms with Crippen molar-refractivity contribution in [3.05, 3.63) is 87.1 Å². The highest BCUT2D eigenvalue weighted by atomic mass is 32.1.